The number of aromatic nitrogens is 1. The van der Waals surface area contributed by atoms with E-state index < -0.39 is 47.2 Å². The van der Waals surface area contributed by atoms with Gasteiger partial charge >= 0.3 is 5.97 Å². The number of carboxylic acid groups (broad SMARTS) is 1. The molecule has 0 aliphatic heterocycles. The summed E-state index contributed by atoms with van der Waals surface area (Å²) in [6.07, 6.45) is 0.283. The Balaban J connectivity index is 2.24. The zero-order valence-electron chi connectivity index (χ0n) is 19.9. The molecule has 5 unspecified atom stereocenters. The highest BCUT2D eigenvalue weighted by atomic mass is 19.1. The summed E-state index contributed by atoms with van der Waals surface area (Å²) in [6, 6.07) is 16.7. The third-order valence-electron chi connectivity index (χ3n) is 7.01. The molecule has 5 nitrogen and oxygen atoms in total. The van der Waals surface area contributed by atoms with Gasteiger partial charge in [-0.1, -0.05) is 63.2 Å². The van der Waals surface area contributed by atoms with Gasteiger partial charge in [-0.2, -0.15) is 0 Å². The lowest BCUT2D eigenvalue weighted by Crippen LogP contribution is -2.55. The van der Waals surface area contributed by atoms with Crippen molar-refractivity contribution in [3.8, 4) is 0 Å². The number of nitrogens with zero attached hydrogens (tertiary/aromatic N) is 1. The van der Waals surface area contributed by atoms with Crippen molar-refractivity contribution in [1.29, 1.82) is 0 Å². The number of halogens is 1. The molecule has 34 heavy (non-hydrogen) atoms. The summed E-state index contributed by atoms with van der Waals surface area (Å²) in [4.78, 5) is 17.0. The average Bonchev–Trinajstić information content (AvgIpc) is 2.81. The first kappa shape index (κ1) is 25.5. The van der Waals surface area contributed by atoms with Gasteiger partial charge in [0.05, 0.1) is 12.2 Å². The molecule has 0 amide bonds. The fourth-order valence-corrected chi connectivity index (χ4v) is 5.05. The van der Waals surface area contributed by atoms with Gasteiger partial charge in [-0.25, -0.2) is 4.39 Å². The Kier molecular flexibility index (Phi) is 7.85. The normalized spacial score (nSPS) is 16.9. The smallest absolute Gasteiger partial charge is 0.317 e. The molecule has 3 rings (SSSR count). The van der Waals surface area contributed by atoms with Gasteiger partial charge in [0.2, 0.25) is 0 Å². The zero-order chi connectivity index (χ0) is 25.0. The van der Waals surface area contributed by atoms with Gasteiger partial charge in [0.25, 0.3) is 0 Å². The second-order valence-electron chi connectivity index (χ2n) is 9.23. The molecule has 0 radical (unpaired) electrons. The van der Waals surface area contributed by atoms with Crippen molar-refractivity contribution < 1.29 is 24.5 Å². The number of aryl methyl sites for hydroxylation is 1. The number of benzene rings is 2. The van der Waals surface area contributed by atoms with Gasteiger partial charge in [0.15, 0.2) is 0 Å². The molecule has 0 saturated carbocycles. The SMILES string of the molecule is Cc1cc(F)ccc1C(C(O)C(C)c1ccccc1)C(O)C(C(=O)O)(c1cccnc1)C(C)C. The lowest BCUT2D eigenvalue weighted by atomic mass is 9.61. The van der Waals surface area contributed by atoms with Crippen molar-refractivity contribution in [2.75, 3.05) is 0 Å². The monoisotopic (exact) mass is 465 g/mol. The van der Waals surface area contributed by atoms with E-state index in [1.807, 2.05) is 37.3 Å². The highest BCUT2D eigenvalue weighted by Gasteiger charge is 2.54. The first-order valence-electron chi connectivity index (χ1n) is 11.4. The van der Waals surface area contributed by atoms with Crippen molar-refractivity contribution in [2.24, 2.45) is 5.92 Å². The summed E-state index contributed by atoms with van der Waals surface area (Å²) < 4.78 is 14.0. The van der Waals surface area contributed by atoms with Crippen molar-refractivity contribution in [2.45, 2.75) is 57.2 Å². The predicted octanol–water partition coefficient (Wildman–Crippen LogP) is 4.82. The Labute approximate surface area is 199 Å². The van der Waals surface area contributed by atoms with Crippen LogP contribution in [0.3, 0.4) is 0 Å². The molecule has 1 aromatic heterocycles. The number of carboxylic acids is 1. The van der Waals surface area contributed by atoms with Crippen LogP contribution in [-0.2, 0) is 10.2 Å². The summed E-state index contributed by atoms with van der Waals surface area (Å²) >= 11 is 0. The highest BCUT2D eigenvalue weighted by Crippen LogP contribution is 2.45. The molecule has 0 fully saturated rings. The van der Waals surface area contributed by atoms with E-state index in [-0.39, 0.29) is 0 Å². The maximum Gasteiger partial charge on any atom is 0.317 e. The summed E-state index contributed by atoms with van der Waals surface area (Å²) in [7, 11) is 0. The van der Waals surface area contributed by atoms with E-state index in [4.69, 9.17) is 0 Å². The van der Waals surface area contributed by atoms with E-state index >= 15 is 0 Å². The summed E-state index contributed by atoms with van der Waals surface area (Å²) in [5.41, 5.74) is 0.446. The van der Waals surface area contributed by atoms with Gasteiger partial charge < -0.3 is 15.3 Å². The third-order valence-corrected chi connectivity index (χ3v) is 7.01. The van der Waals surface area contributed by atoms with E-state index in [1.165, 1.54) is 30.6 Å². The maximum atomic E-state index is 14.0. The molecule has 5 atom stereocenters. The van der Waals surface area contributed by atoms with E-state index in [2.05, 4.69) is 4.98 Å². The van der Waals surface area contributed by atoms with Crippen LogP contribution in [0.1, 0.15) is 54.9 Å². The van der Waals surface area contributed by atoms with Crippen LogP contribution in [0.25, 0.3) is 0 Å². The lowest BCUT2D eigenvalue weighted by molar-refractivity contribution is -0.154. The minimum atomic E-state index is -1.77. The van der Waals surface area contributed by atoms with Gasteiger partial charge in [-0.3, -0.25) is 9.78 Å². The summed E-state index contributed by atoms with van der Waals surface area (Å²) in [5, 5.41) is 34.2. The number of rotatable bonds is 9. The van der Waals surface area contributed by atoms with Crippen LogP contribution in [0, 0.1) is 18.7 Å². The van der Waals surface area contributed by atoms with Crippen molar-refractivity contribution in [3.05, 3.63) is 101 Å². The molecule has 0 aliphatic rings. The Hall–Kier alpha value is -3.09. The fraction of sp³-hybridized carbons (Fsp3) is 0.357. The maximum absolute atomic E-state index is 14.0. The minimum Gasteiger partial charge on any atom is -0.480 e. The van der Waals surface area contributed by atoms with Crippen molar-refractivity contribution >= 4 is 5.97 Å². The quantitative estimate of drug-likeness (QED) is 0.422. The topological polar surface area (TPSA) is 90.7 Å². The molecule has 0 spiro atoms. The van der Waals surface area contributed by atoms with Crippen LogP contribution in [0.15, 0.2) is 73.1 Å². The van der Waals surface area contributed by atoms with Crippen LogP contribution in [-0.4, -0.2) is 38.5 Å². The lowest BCUT2D eigenvalue weighted by Gasteiger charge is -2.44. The molecule has 6 heteroatoms. The fourth-order valence-electron chi connectivity index (χ4n) is 5.05. The predicted molar refractivity (Wildman–Crippen MR) is 129 cm³/mol. The second kappa shape index (κ2) is 10.5. The molecule has 180 valence electrons. The summed E-state index contributed by atoms with van der Waals surface area (Å²) in [6.45, 7) is 6.98. The number of hydrogen-bond donors (Lipinski definition) is 3. The average molecular weight is 466 g/mol. The van der Waals surface area contributed by atoms with E-state index in [0.717, 1.165) is 5.56 Å². The van der Waals surface area contributed by atoms with Crippen LogP contribution in [0.4, 0.5) is 4.39 Å². The number of hydrogen-bond acceptors (Lipinski definition) is 4. The molecule has 3 N–H and O–H groups in total. The van der Waals surface area contributed by atoms with E-state index in [0.29, 0.717) is 16.7 Å². The van der Waals surface area contributed by atoms with E-state index in [1.54, 1.807) is 32.9 Å². The first-order chi connectivity index (χ1) is 16.1. The highest BCUT2D eigenvalue weighted by molar-refractivity contribution is 5.83. The first-order valence-corrected chi connectivity index (χ1v) is 11.4. The molecule has 0 bridgehead atoms. The largest absolute Gasteiger partial charge is 0.480 e. The number of carbonyl (C=O) groups is 1. The molecule has 0 aliphatic carbocycles. The molecule has 3 aromatic rings. The Bertz CT molecular complexity index is 1110. The Morgan fingerprint density at radius 3 is 2.21 bits per heavy atom. The number of pyridine rings is 1. The van der Waals surface area contributed by atoms with Crippen LogP contribution < -0.4 is 0 Å². The van der Waals surface area contributed by atoms with Gasteiger partial charge in [-0.05, 0) is 53.3 Å². The number of aliphatic carboxylic acids is 1. The molecular weight excluding hydrogens is 433 g/mol. The number of aliphatic hydroxyl groups excluding tert-OH is 2. The molecule has 0 saturated heterocycles. The van der Waals surface area contributed by atoms with Gasteiger partial charge in [0.1, 0.15) is 11.2 Å². The van der Waals surface area contributed by atoms with Gasteiger partial charge in [0, 0.05) is 24.2 Å². The van der Waals surface area contributed by atoms with Crippen LogP contribution in [0.2, 0.25) is 0 Å². The standard InChI is InChI=1S/C28H32FNO4/c1-17(2)28(27(33)34,21-11-8-14-30-16-21)26(32)24(23-13-12-22(29)15-18(23)3)25(31)19(4)20-9-6-5-7-10-20/h5-17,19,24-26,31-32H,1-4H3,(H,33,34). The van der Waals surface area contributed by atoms with Crippen molar-refractivity contribution in [3.63, 3.8) is 0 Å². The Morgan fingerprint density at radius 2 is 1.68 bits per heavy atom. The minimum absolute atomic E-state index is 0.342. The van der Waals surface area contributed by atoms with E-state index in [9.17, 15) is 24.5 Å². The van der Waals surface area contributed by atoms with Crippen LogP contribution in [0.5, 0.6) is 0 Å². The molecular formula is C28H32FNO4. The molecule has 1 heterocycles. The number of aliphatic hydroxyl groups is 2. The third kappa shape index (κ3) is 4.61. The van der Waals surface area contributed by atoms with Crippen molar-refractivity contribution in [1.82, 2.24) is 4.98 Å². The summed E-state index contributed by atoms with van der Waals surface area (Å²) in [5.74, 6) is -3.66. The second-order valence-corrected chi connectivity index (χ2v) is 9.23. The molecule has 2 aromatic carbocycles. The zero-order valence-corrected chi connectivity index (χ0v) is 19.9. The Morgan fingerprint density at radius 1 is 1.00 bits per heavy atom. The van der Waals surface area contributed by atoms with Crippen LogP contribution >= 0.6 is 0 Å². The van der Waals surface area contributed by atoms with Gasteiger partial charge in [-0.15, -0.1) is 0 Å².